The van der Waals surface area contributed by atoms with Gasteiger partial charge in [0.25, 0.3) is 0 Å². The molecule has 0 saturated heterocycles. The third-order valence-electron chi connectivity index (χ3n) is 3.53. The van der Waals surface area contributed by atoms with Crippen LogP contribution in [0.25, 0.3) is 0 Å². The van der Waals surface area contributed by atoms with E-state index in [1.54, 1.807) is 0 Å². The molecule has 0 saturated carbocycles. The van der Waals surface area contributed by atoms with Gasteiger partial charge in [-0.2, -0.15) is 4.31 Å². The molecular formula is C17H24N4O2S. The standard InChI is InChI=1S/C17H24N4O2S/c1-4-10-18-17-19-11-16(12-20-17)24(22,23)21(14(2)3)13-15-8-6-5-7-9-15/h5-9,11-12,14H,4,10,13H2,1-3H3,(H,18,19,20). The van der Waals surface area contributed by atoms with Gasteiger partial charge < -0.3 is 5.32 Å². The van der Waals surface area contributed by atoms with Gasteiger partial charge >= 0.3 is 0 Å². The molecule has 0 aliphatic carbocycles. The quantitative estimate of drug-likeness (QED) is 0.794. The number of anilines is 1. The van der Waals surface area contributed by atoms with Crippen molar-refractivity contribution in [3.63, 3.8) is 0 Å². The van der Waals surface area contributed by atoms with Crippen molar-refractivity contribution >= 4 is 16.0 Å². The fourth-order valence-corrected chi connectivity index (χ4v) is 3.74. The molecule has 1 N–H and O–H groups in total. The number of benzene rings is 1. The van der Waals surface area contributed by atoms with E-state index in [1.807, 2.05) is 51.1 Å². The van der Waals surface area contributed by atoms with Crippen LogP contribution in [-0.4, -0.2) is 35.3 Å². The Labute approximate surface area is 144 Å². The summed E-state index contributed by atoms with van der Waals surface area (Å²) >= 11 is 0. The molecule has 130 valence electrons. The molecule has 1 aromatic carbocycles. The summed E-state index contributed by atoms with van der Waals surface area (Å²) in [6.07, 6.45) is 3.67. The van der Waals surface area contributed by atoms with Crippen LogP contribution in [0.2, 0.25) is 0 Å². The van der Waals surface area contributed by atoms with Crippen molar-refractivity contribution in [3.05, 3.63) is 48.3 Å². The maximum atomic E-state index is 12.9. The molecule has 7 heteroatoms. The Balaban J connectivity index is 2.24. The van der Waals surface area contributed by atoms with Crippen molar-refractivity contribution in [2.75, 3.05) is 11.9 Å². The lowest BCUT2D eigenvalue weighted by molar-refractivity contribution is 0.348. The molecule has 0 bridgehead atoms. The number of sulfonamides is 1. The summed E-state index contributed by atoms with van der Waals surface area (Å²) in [7, 11) is -3.66. The molecule has 2 rings (SSSR count). The van der Waals surface area contributed by atoms with E-state index < -0.39 is 10.0 Å². The molecule has 0 fully saturated rings. The molecule has 0 radical (unpaired) electrons. The fraction of sp³-hybridized carbons (Fsp3) is 0.412. The first kappa shape index (κ1) is 18.4. The van der Waals surface area contributed by atoms with Crippen LogP contribution in [0.4, 0.5) is 5.95 Å². The van der Waals surface area contributed by atoms with Gasteiger partial charge in [0, 0.05) is 19.1 Å². The Morgan fingerprint density at radius 1 is 1.12 bits per heavy atom. The monoisotopic (exact) mass is 348 g/mol. The Kier molecular flexibility index (Phi) is 6.28. The van der Waals surface area contributed by atoms with Crippen LogP contribution in [0, 0.1) is 0 Å². The summed E-state index contributed by atoms with van der Waals surface area (Å²) in [5.74, 6) is 0.440. The number of nitrogens with one attached hydrogen (secondary N) is 1. The van der Waals surface area contributed by atoms with E-state index in [1.165, 1.54) is 16.7 Å². The van der Waals surface area contributed by atoms with Gasteiger partial charge in [0.15, 0.2) is 0 Å². The second-order valence-corrected chi connectivity index (χ2v) is 7.69. The lowest BCUT2D eigenvalue weighted by Crippen LogP contribution is -2.36. The zero-order valence-electron chi connectivity index (χ0n) is 14.3. The van der Waals surface area contributed by atoms with Gasteiger partial charge in [-0.25, -0.2) is 18.4 Å². The zero-order chi connectivity index (χ0) is 17.6. The molecule has 0 amide bonds. The predicted octanol–water partition coefficient (Wildman–Crippen LogP) is 2.90. The van der Waals surface area contributed by atoms with Crippen LogP contribution < -0.4 is 5.32 Å². The lowest BCUT2D eigenvalue weighted by Gasteiger charge is -2.25. The summed E-state index contributed by atoms with van der Waals surface area (Å²) in [5, 5.41) is 3.03. The largest absolute Gasteiger partial charge is 0.354 e. The minimum Gasteiger partial charge on any atom is -0.354 e. The molecule has 0 aliphatic heterocycles. The minimum absolute atomic E-state index is 0.106. The summed E-state index contributed by atoms with van der Waals surface area (Å²) in [5.41, 5.74) is 0.942. The number of rotatable bonds is 8. The van der Waals surface area contributed by atoms with Crippen molar-refractivity contribution < 1.29 is 8.42 Å². The average molecular weight is 348 g/mol. The number of hydrogen-bond donors (Lipinski definition) is 1. The Hall–Kier alpha value is -1.99. The SMILES string of the molecule is CCCNc1ncc(S(=O)(=O)N(Cc2ccccc2)C(C)C)cn1. The predicted molar refractivity (Wildman–Crippen MR) is 95.1 cm³/mol. The summed E-state index contributed by atoms with van der Waals surface area (Å²) in [6.45, 7) is 6.82. The van der Waals surface area contributed by atoms with Crippen molar-refractivity contribution in [1.29, 1.82) is 0 Å². The molecule has 0 unspecified atom stereocenters. The molecule has 24 heavy (non-hydrogen) atoms. The van der Waals surface area contributed by atoms with Crippen molar-refractivity contribution in [1.82, 2.24) is 14.3 Å². The van der Waals surface area contributed by atoms with E-state index in [2.05, 4.69) is 15.3 Å². The van der Waals surface area contributed by atoms with Crippen LogP contribution in [0.5, 0.6) is 0 Å². The van der Waals surface area contributed by atoms with Crippen LogP contribution >= 0.6 is 0 Å². The number of hydrogen-bond acceptors (Lipinski definition) is 5. The summed E-state index contributed by atoms with van der Waals surface area (Å²) in [6, 6.07) is 9.37. The second kappa shape index (κ2) is 8.21. The van der Waals surface area contributed by atoms with Crippen LogP contribution in [0.15, 0.2) is 47.6 Å². The van der Waals surface area contributed by atoms with Gasteiger partial charge in [-0.3, -0.25) is 0 Å². The third-order valence-corrected chi connectivity index (χ3v) is 5.50. The van der Waals surface area contributed by atoms with E-state index in [0.717, 1.165) is 18.5 Å². The third kappa shape index (κ3) is 4.52. The molecular weight excluding hydrogens is 324 g/mol. The van der Waals surface area contributed by atoms with Crippen molar-refractivity contribution in [2.45, 2.75) is 44.7 Å². The van der Waals surface area contributed by atoms with Gasteiger partial charge in [0.1, 0.15) is 4.90 Å². The Morgan fingerprint density at radius 3 is 2.29 bits per heavy atom. The maximum absolute atomic E-state index is 12.9. The number of aromatic nitrogens is 2. The van der Waals surface area contributed by atoms with Crippen molar-refractivity contribution in [3.8, 4) is 0 Å². The first-order chi connectivity index (χ1) is 11.4. The highest BCUT2D eigenvalue weighted by atomic mass is 32.2. The molecule has 0 spiro atoms. The molecule has 2 aromatic rings. The molecule has 0 aliphatic rings. The van der Waals surface area contributed by atoms with Crippen LogP contribution in [-0.2, 0) is 16.6 Å². The second-order valence-electron chi connectivity index (χ2n) is 5.80. The van der Waals surface area contributed by atoms with Gasteiger partial charge in [0.2, 0.25) is 16.0 Å². The Bertz CT molecular complexity index is 731. The lowest BCUT2D eigenvalue weighted by atomic mass is 10.2. The minimum atomic E-state index is -3.66. The van der Waals surface area contributed by atoms with E-state index in [-0.39, 0.29) is 10.9 Å². The smallest absolute Gasteiger partial charge is 0.246 e. The first-order valence-electron chi connectivity index (χ1n) is 8.07. The molecule has 6 nitrogen and oxygen atoms in total. The van der Waals surface area contributed by atoms with E-state index in [9.17, 15) is 8.42 Å². The normalized spacial score (nSPS) is 11.9. The van der Waals surface area contributed by atoms with E-state index >= 15 is 0 Å². The first-order valence-corrected chi connectivity index (χ1v) is 9.51. The van der Waals surface area contributed by atoms with Gasteiger partial charge in [-0.05, 0) is 25.8 Å². The van der Waals surface area contributed by atoms with Crippen molar-refractivity contribution in [2.24, 2.45) is 0 Å². The average Bonchev–Trinajstić information content (AvgIpc) is 2.58. The van der Waals surface area contributed by atoms with Gasteiger partial charge in [-0.15, -0.1) is 0 Å². The maximum Gasteiger partial charge on any atom is 0.246 e. The topological polar surface area (TPSA) is 75.2 Å². The summed E-state index contributed by atoms with van der Waals surface area (Å²) in [4.78, 5) is 8.31. The molecule has 1 heterocycles. The highest BCUT2D eigenvalue weighted by molar-refractivity contribution is 7.89. The van der Waals surface area contributed by atoms with E-state index in [0.29, 0.717) is 12.5 Å². The highest BCUT2D eigenvalue weighted by Crippen LogP contribution is 2.20. The van der Waals surface area contributed by atoms with Gasteiger partial charge in [-0.1, -0.05) is 37.3 Å². The van der Waals surface area contributed by atoms with Crippen LogP contribution in [0.1, 0.15) is 32.8 Å². The molecule has 0 atom stereocenters. The number of nitrogens with zero attached hydrogens (tertiary/aromatic N) is 3. The molecule has 1 aromatic heterocycles. The van der Waals surface area contributed by atoms with Gasteiger partial charge in [0.05, 0.1) is 12.4 Å². The highest BCUT2D eigenvalue weighted by Gasteiger charge is 2.27. The summed E-state index contributed by atoms with van der Waals surface area (Å²) < 4.78 is 27.3. The van der Waals surface area contributed by atoms with Crippen LogP contribution in [0.3, 0.4) is 0 Å². The zero-order valence-corrected chi connectivity index (χ0v) is 15.1. The van der Waals surface area contributed by atoms with E-state index in [4.69, 9.17) is 0 Å². The Morgan fingerprint density at radius 2 is 1.75 bits per heavy atom. The fourth-order valence-electron chi connectivity index (χ4n) is 2.22.